The molecule has 1 aliphatic carbocycles. The summed E-state index contributed by atoms with van der Waals surface area (Å²) in [7, 11) is 1.07. The Morgan fingerprint density at radius 2 is 2.04 bits per heavy atom. The summed E-state index contributed by atoms with van der Waals surface area (Å²) in [6.45, 7) is 5.37. The SMILES string of the molecule is CBc1cc(CC2Cc3ccccc3S2)c2c(c1OCCCC)CCC2. The molecule has 3 heteroatoms. The first kappa shape index (κ1) is 18.0. The Kier molecular flexibility index (Phi) is 5.64. The van der Waals surface area contributed by atoms with Crippen molar-refractivity contribution in [3.8, 4) is 5.75 Å². The summed E-state index contributed by atoms with van der Waals surface area (Å²) in [4.78, 5) is 1.49. The highest BCUT2D eigenvalue weighted by molar-refractivity contribution is 8.00. The van der Waals surface area contributed by atoms with E-state index in [1.54, 1.807) is 11.1 Å². The second kappa shape index (κ2) is 8.13. The zero-order chi connectivity index (χ0) is 17.9. The highest BCUT2D eigenvalue weighted by Crippen LogP contribution is 2.40. The van der Waals surface area contributed by atoms with Crippen molar-refractivity contribution in [3.63, 3.8) is 0 Å². The second-order valence-electron chi connectivity index (χ2n) is 7.65. The molecule has 26 heavy (non-hydrogen) atoms. The van der Waals surface area contributed by atoms with Crippen LogP contribution in [0.3, 0.4) is 0 Å². The van der Waals surface area contributed by atoms with E-state index < -0.39 is 0 Å². The molecule has 2 aromatic carbocycles. The van der Waals surface area contributed by atoms with Crippen LogP contribution < -0.4 is 10.2 Å². The summed E-state index contributed by atoms with van der Waals surface area (Å²) in [5, 5.41) is 0.689. The number of hydrogen-bond donors (Lipinski definition) is 0. The zero-order valence-electron chi connectivity index (χ0n) is 16.1. The van der Waals surface area contributed by atoms with Crippen LogP contribution in [0.4, 0.5) is 0 Å². The molecule has 0 saturated carbocycles. The average Bonchev–Trinajstić information content (AvgIpc) is 3.29. The molecule has 4 rings (SSSR count). The highest BCUT2D eigenvalue weighted by atomic mass is 32.2. The van der Waals surface area contributed by atoms with E-state index in [4.69, 9.17) is 4.74 Å². The fraction of sp³-hybridized carbons (Fsp3) is 0.478. The number of fused-ring (bicyclic) bond motifs is 2. The minimum Gasteiger partial charge on any atom is -0.494 e. The van der Waals surface area contributed by atoms with Crippen LogP contribution in [0.15, 0.2) is 35.2 Å². The van der Waals surface area contributed by atoms with Crippen LogP contribution in [-0.4, -0.2) is 19.1 Å². The van der Waals surface area contributed by atoms with Gasteiger partial charge < -0.3 is 4.74 Å². The van der Waals surface area contributed by atoms with Gasteiger partial charge >= 0.3 is 0 Å². The van der Waals surface area contributed by atoms with E-state index in [2.05, 4.69) is 55.8 Å². The van der Waals surface area contributed by atoms with Gasteiger partial charge in [-0.05, 0) is 72.3 Å². The van der Waals surface area contributed by atoms with E-state index in [1.807, 2.05) is 0 Å². The lowest BCUT2D eigenvalue weighted by Crippen LogP contribution is -2.21. The largest absolute Gasteiger partial charge is 0.494 e. The van der Waals surface area contributed by atoms with Crippen molar-refractivity contribution in [1.82, 2.24) is 0 Å². The molecule has 2 aliphatic rings. The van der Waals surface area contributed by atoms with Gasteiger partial charge in [0.15, 0.2) is 7.28 Å². The van der Waals surface area contributed by atoms with Crippen LogP contribution in [0.5, 0.6) is 5.75 Å². The van der Waals surface area contributed by atoms with Crippen molar-refractivity contribution >= 4 is 24.5 Å². The highest BCUT2D eigenvalue weighted by Gasteiger charge is 2.27. The molecule has 1 nitrogen and oxygen atoms in total. The minimum absolute atomic E-state index is 0.689. The maximum Gasteiger partial charge on any atom is 0.159 e. The Labute approximate surface area is 163 Å². The van der Waals surface area contributed by atoms with E-state index in [0.29, 0.717) is 5.25 Å². The Morgan fingerprint density at radius 3 is 2.85 bits per heavy atom. The molecule has 0 spiro atoms. The summed E-state index contributed by atoms with van der Waals surface area (Å²) in [5.41, 5.74) is 7.72. The van der Waals surface area contributed by atoms with Gasteiger partial charge in [-0.25, -0.2) is 0 Å². The van der Waals surface area contributed by atoms with E-state index in [0.717, 1.165) is 20.3 Å². The van der Waals surface area contributed by atoms with Crippen LogP contribution in [0.2, 0.25) is 6.82 Å². The molecular formula is C23H29BOS. The molecular weight excluding hydrogens is 335 g/mol. The van der Waals surface area contributed by atoms with E-state index in [-0.39, 0.29) is 0 Å². The Hall–Kier alpha value is -1.35. The summed E-state index contributed by atoms with van der Waals surface area (Å²) in [6.07, 6.45) is 8.49. The normalized spacial score (nSPS) is 17.8. The number of thioether (sulfide) groups is 1. The summed E-state index contributed by atoms with van der Waals surface area (Å²) in [6, 6.07) is 11.4. The first-order chi connectivity index (χ1) is 12.8. The summed E-state index contributed by atoms with van der Waals surface area (Å²) < 4.78 is 6.28. The number of rotatable bonds is 7. The third-order valence-corrected chi connectivity index (χ3v) is 7.13. The van der Waals surface area contributed by atoms with Crippen LogP contribution in [0, 0.1) is 0 Å². The van der Waals surface area contributed by atoms with Crippen LogP contribution in [-0.2, 0) is 25.7 Å². The monoisotopic (exact) mass is 364 g/mol. The van der Waals surface area contributed by atoms with Gasteiger partial charge in [-0.3, -0.25) is 0 Å². The van der Waals surface area contributed by atoms with Crippen LogP contribution in [0.1, 0.15) is 48.4 Å². The van der Waals surface area contributed by atoms with E-state index in [9.17, 15) is 0 Å². The molecule has 1 atom stereocenters. The van der Waals surface area contributed by atoms with Crippen molar-refractivity contribution < 1.29 is 4.74 Å². The third kappa shape index (κ3) is 3.56. The predicted octanol–water partition coefficient (Wildman–Crippen LogP) is 4.72. The summed E-state index contributed by atoms with van der Waals surface area (Å²) in [5.74, 6) is 1.24. The molecule has 0 fully saturated rings. The first-order valence-corrected chi connectivity index (χ1v) is 11.2. The molecule has 2 aromatic rings. The molecule has 136 valence electrons. The molecule has 0 radical (unpaired) electrons. The molecule has 1 aliphatic heterocycles. The standard InChI is InChI=1S/C23H29BOS/c1-3-4-12-25-23-20-10-7-9-19(20)17(15-21(23)24-2)14-18-13-16-8-5-6-11-22(16)26-18/h5-6,8,11,15,18,24H,3-4,7,9-10,12-14H2,1-2H3. The molecule has 0 amide bonds. The quantitative estimate of drug-likeness (QED) is 0.519. The zero-order valence-corrected chi connectivity index (χ0v) is 17.0. The lowest BCUT2D eigenvalue weighted by Gasteiger charge is -2.20. The van der Waals surface area contributed by atoms with Crippen molar-refractivity contribution in [1.29, 1.82) is 0 Å². The van der Waals surface area contributed by atoms with Crippen molar-refractivity contribution in [2.45, 2.75) is 68.8 Å². The minimum atomic E-state index is 0.689. The van der Waals surface area contributed by atoms with Crippen LogP contribution >= 0.6 is 11.8 Å². The fourth-order valence-electron chi connectivity index (χ4n) is 4.46. The van der Waals surface area contributed by atoms with Crippen molar-refractivity contribution in [2.75, 3.05) is 6.61 Å². The number of ether oxygens (including phenoxy) is 1. The second-order valence-corrected chi connectivity index (χ2v) is 8.99. The molecule has 0 saturated heterocycles. The fourth-order valence-corrected chi connectivity index (χ4v) is 5.81. The summed E-state index contributed by atoms with van der Waals surface area (Å²) >= 11 is 2.08. The molecule has 1 heterocycles. The van der Waals surface area contributed by atoms with Gasteiger partial charge in [0.25, 0.3) is 0 Å². The number of hydrogen-bond acceptors (Lipinski definition) is 2. The Morgan fingerprint density at radius 1 is 1.19 bits per heavy atom. The van der Waals surface area contributed by atoms with Crippen LogP contribution in [0.25, 0.3) is 0 Å². The number of unbranched alkanes of at least 4 members (excludes halogenated alkanes) is 1. The van der Waals surface area contributed by atoms with Gasteiger partial charge in [0, 0.05) is 10.1 Å². The molecule has 0 aromatic heterocycles. The van der Waals surface area contributed by atoms with E-state index >= 15 is 0 Å². The predicted molar refractivity (Wildman–Crippen MR) is 115 cm³/mol. The average molecular weight is 364 g/mol. The maximum atomic E-state index is 6.28. The lowest BCUT2D eigenvalue weighted by molar-refractivity contribution is 0.309. The molecule has 0 N–H and O–H groups in total. The topological polar surface area (TPSA) is 9.23 Å². The Bertz CT molecular complexity index is 761. The van der Waals surface area contributed by atoms with Crippen molar-refractivity contribution in [3.05, 3.63) is 52.6 Å². The maximum absolute atomic E-state index is 6.28. The van der Waals surface area contributed by atoms with Gasteiger partial charge in [0.05, 0.1) is 6.61 Å². The van der Waals surface area contributed by atoms with E-state index in [1.165, 1.54) is 65.8 Å². The first-order valence-electron chi connectivity index (χ1n) is 10.3. The number of benzene rings is 2. The van der Waals surface area contributed by atoms with Crippen molar-refractivity contribution in [2.24, 2.45) is 0 Å². The lowest BCUT2D eigenvalue weighted by atomic mass is 9.70. The van der Waals surface area contributed by atoms with Gasteiger partial charge in [0.2, 0.25) is 0 Å². The van der Waals surface area contributed by atoms with Gasteiger partial charge in [-0.15, -0.1) is 11.8 Å². The molecule has 1 unspecified atom stereocenters. The Balaban J connectivity index is 1.58. The van der Waals surface area contributed by atoms with Gasteiger partial charge in [0.1, 0.15) is 5.75 Å². The molecule has 0 bridgehead atoms. The smallest absolute Gasteiger partial charge is 0.159 e. The van der Waals surface area contributed by atoms with Gasteiger partial charge in [-0.2, -0.15) is 0 Å². The van der Waals surface area contributed by atoms with Gasteiger partial charge in [-0.1, -0.05) is 44.4 Å². The third-order valence-electron chi connectivity index (χ3n) is 5.81.